The summed E-state index contributed by atoms with van der Waals surface area (Å²) in [7, 11) is 0. The SMILES string of the molecule is Cc1ccc(N(C(=O)O)C(=O)O)cn1. The number of aryl methyl sites for hydroxylation is 1. The molecule has 0 aromatic carbocycles. The Labute approximate surface area is 79.4 Å². The Hall–Kier alpha value is -2.11. The summed E-state index contributed by atoms with van der Waals surface area (Å²) in [6.07, 6.45) is -1.91. The minimum atomic E-state index is -1.55. The molecule has 2 N–H and O–H groups in total. The Bertz CT molecular complexity index is 346. The lowest BCUT2D eigenvalue weighted by molar-refractivity contribution is 0.184. The molecule has 1 rings (SSSR count). The Morgan fingerprint density at radius 2 is 1.86 bits per heavy atom. The van der Waals surface area contributed by atoms with Crippen LogP contribution in [0, 0.1) is 6.92 Å². The van der Waals surface area contributed by atoms with E-state index in [-0.39, 0.29) is 10.6 Å². The lowest BCUT2D eigenvalue weighted by Crippen LogP contribution is -2.34. The van der Waals surface area contributed by atoms with E-state index in [1.165, 1.54) is 18.3 Å². The van der Waals surface area contributed by atoms with Gasteiger partial charge in [-0.05, 0) is 19.1 Å². The van der Waals surface area contributed by atoms with Crippen LogP contribution in [0.5, 0.6) is 0 Å². The molecule has 6 nitrogen and oxygen atoms in total. The zero-order valence-corrected chi connectivity index (χ0v) is 7.34. The van der Waals surface area contributed by atoms with E-state index >= 15 is 0 Å². The van der Waals surface area contributed by atoms with Gasteiger partial charge in [0.2, 0.25) is 0 Å². The Morgan fingerprint density at radius 3 is 2.21 bits per heavy atom. The van der Waals surface area contributed by atoms with Crippen LogP contribution in [0.2, 0.25) is 0 Å². The summed E-state index contributed by atoms with van der Waals surface area (Å²) < 4.78 is 0. The maximum Gasteiger partial charge on any atom is 0.421 e. The molecule has 14 heavy (non-hydrogen) atoms. The maximum atomic E-state index is 10.5. The lowest BCUT2D eigenvalue weighted by atomic mass is 10.3. The van der Waals surface area contributed by atoms with E-state index < -0.39 is 12.2 Å². The molecule has 0 aliphatic rings. The molecule has 0 radical (unpaired) electrons. The highest BCUT2D eigenvalue weighted by molar-refractivity contribution is 6.07. The third-order valence-corrected chi connectivity index (χ3v) is 1.54. The van der Waals surface area contributed by atoms with Gasteiger partial charge in [0.05, 0.1) is 11.9 Å². The zero-order chi connectivity index (χ0) is 10.7. The number of rotatable bonds is 1. The van der Waals surface area contributed by atoms with Crippen LogP contribution in [0.1, 0.15) is 5.69 Å². The standard InChI is InChI=1S/C8H8N2O4/c1-5-2-3-6(4-9-5)10(7(11)12)8(13)14/h2-4H,1H3,(H,11,12)(H,13,14). The van der Waals surface area contributed by atoms with Gasteiger partial charge in [0.1, 0.15) is 0 Å². The van der Waals surface area contributed by atoms with Crippen LogP contribution in [0.25, 0.3) is 0 Å². The number of hydrogen-bond donors (Lipinski definition) is 2. The van der Waals surface area contributed by atoms with E-state index in [2.05, 4.69) is 4.98 Å². The van der Waals surface area contributed by atoms with Gasteiger partial charge in [-0.3, -0.25) is 4.98 Å². The monoisotopic (exact) mass is 196 g/mol. The van der Waals surface area contributed by atoms with Crippen molar-refractivity contribution in [3.63, 3.8) is 0 Å². The van der Waals surface area contributed by atoms with Gasteiger partial charge < -0.3 is 10.2 Å². The Morgan fingerprint density at radius 1 is 1.29 bits per heavy atom. The molecule has 0 fully saturated rings. The van der Waals surface area contributed by atoms with Crippen LogP contribution in [0.4, 0.5) is 15.3 Å². The largest absolute Gasteiger partial charge is 0.464 e. The molecular weight excluding hydrogens is 188 g/mol. The van der Waals surface area contributed by atoms with E-state index in [1.54, 1.807) is 6.92 Å². The van der Waals surface area contributed by atoms with Crippen molar-refractivity contribution in [2.75, 3.05) is 4.90 Å². The Kier molecular flexibility index (Phi) is 2.66. The second-order valence-corrected chi connectivity index (χ2v) is 2.56. The summed E-state index contributed by atoms with van der Waals surface area (Å²) in [5.41, 5.74) is 0.695. The number of carbonyl (C=O) groups is 2. The molecule has 0 unspecified atom stereocenters. The van der Waals surface area contributed by atoms with Gasteiger partial charge in [-0.1, -0.05) is 0 Å². The van der Waals surface area contributed by atoms with Crippen molar-refractivity contribution in [3.8, 4) is 0 Å². The molecule has 0 aliphatic heterocycles. The highest BCUT2D eigenvalue weighted by atomic mass is 16.4. The number of hydrogen-bond acceptors (Lipinski definition) is 3. The molecule has 0 saturated heterocycles. The second-order valence-electron chi connectivity index (χ2n) is 2.56. The second kappa shape index (κ2) is 3.73. The molecule has 0 saturated carbocycles. The first-order chi connectivity index (χ1) is 6.52. The maximum absolute atomic E-state index is 10.5. The zero-order valence-electron chi connectivity index (χ0n) is 7.34. The van der Waals surface area contributed by atoms with Gasteiger partial charge in [0.15, 0.2) is 0 Å². The van der Waals surface area contributed by atoms with Gasteiger partial charge in [-0.15, -0.1) is 0 Å². The van der Waals surface area contributed by atoms with Crippen molar-refractivity contribution >= 4 is 17.9 Å². The molecule has 2 amide bonds. The molecule has 74 valence electrons. The number of pyridine rings is 1. The predicted molar refractivity (Wildman–Crippen MR) is 47.5 cm³/mol. The van der Waals surface area contributed by atoms with E-state index in [0.717, 1.165) is 0 Å². The molecule has 0 atom stereocenters. The van der Waals surface area contributed by atoms with Gasteiger partial charge in [0.25, 0.3) is 0 Å². The highest BCUT2D eigenvalue weighted by Crippen LogP contribution is 2.13. The average Bonchev–Trinajstić information content (AvgIpc) is 2.07. The first-order valence-electron chi connectivity index (χ1n) is 3.71. The summed E-state index contributed by atoms with van der Waals surface area (Å²) in [6.45, 7) is 1.72. The molecule has 1 aromatic heterocycles. The number of aromatic nitrogens is 1. The highest BCUT2D eigenvalue weighted by Gasteiger charge is 2.21. The van der Waals surface area contributed by atoms with E-state index in [4.69, 9.17) is 10.2 Å². The van der Waals surface area contributed by atoms with Crippen LogP contribution in [0.3, 0.4) is 0 Å². The summed E-state index contributed by atoms with van der Waals surface area (Å²) in [5, 5.41) is 17.2. The van der Waals surface area contributed by atoms with Crippen LogP contribution < -0.4 is 4.90 Å². The first-order valence-corrected chi connectivity index (χ1v) is 3.71. The fourth-order valence-corrected chi connectivity index (χ4v) is 0.895. The number of imide groups is 1. The molecular formula is C8H8N2O4. The number of anilines is 1. The van der Waals surface area contributed by atoms with Gasteiger partial charge >= 0.3 is 12.2 Å². The third kappa shape index (κ3) is 1.98. The quantitative estimate of drug-likeness (QED) is 0.711. The summed E-state index contributed by atoms with van der Waals surface area (Å²) in [6, 6.07) is 2.92. The van der Waals surface area contributed by atoms with Crippen molar-refractivity contribution in [3.05, 3.63) is 24.0 Å². The van der Waals surface area contributed by atoms with Gasteiger partial charge in [0, 0.05) is 5.69 Å². The summed E-state index contributed by atoms with van der Waals surface area (Å²) in [4.78, 5) is 25.1. The molecule has 1 aromatic rings. The summed E-state index contributed by atoms with van der Waals surface area (Å²) in [5.74, 6) is 0. The smallest absolute Gasteiger partial charge is 0.421 e. The van der Waals surface area contributed by atoms with Crippen molar-refractivity contribution in [2.45, 2.75) is 6.92 Å². The van der Waals surface area contributed by atoms with Crippen LogP contribution in [-0.2, 0) is 0 Å². The van der Waals surface area contributed by atoms with Crippen LogP contribution >= 0.6 is 0 Å². The number of carboxylic acid groups (broad SMARTS) is 2. The summed E-state index contributed by atoms with van der Waals surface area (Å²) >= 11 is 0. The van der Waals surface area contributed by atoms with Crippen molar-refractivity contribution < 1.29 is 19.8 Å². The van der Waals surface area contributed by atoms with Crippen molar-refractivity contribution in [1.29, 1.82) is 0 Å². The Balaban J connectivity index is 3.06. The van der Waals surface area contributed by atoms with Gasteiger partial charge in [-0.2, -0.15) is 4.90 Å². The third-order valence-electron chi connectivity index (χ3n) is 1.54. The number of amides is 2. The van der Waals surface area contributed by atoms with E-state index in [0.29, 0.717) is 5.69 Å². The molecule has 0 spiro atoms. The van der Waals surface area contributed by atoms with E-state index in [1.807, 2.05) is 0 Å². The fraction of sp³-hybridized carbons (Fsp3) is 0.125. The van der Waals surface area contributed by atoms with E-state index in [9.17, 15) is 9.59 Å². The van der Waals surface area contributed by atoms with Crippen LogP contribution in [-0.4, -0.2) is 27.4 Å². The van der Waals surface area contributed by atoms with Crippen LogP contribution in [0.15, 0.2) is 18.3 Å². The molecule has 1 heterocycles. The average molecular weight is 196 g/mol. The molecule has 0 aliphatic carbocycles. The minimum absolute atomic E-state index is 0.00981. The van der Waals surface area contributed by atoms with Gasteiger partial charge in [-0.25, -0.2) is 9.59 Å². The van der Waals surface area contributed by atoms with Crippen molar-refractivity contribution in [1.82, 2.24) is 4.98 Å². The predicted octanol–water partition coefficient (Wildman–Crippen LogP) is 1.55. The molecule has 0 bridgehead atoms. The topological polar surface area (TPSA) is 90.7 Å². The minimum Gasteiger partial charge on any atom is -0.464 e. The molecule has 6 heteroatoms. The normalized spacial score (nSPS) is 9.50. The fourth-order valence-electron chi connectivity index (χ4n) is 0.895. The number of nitrogens with zero attached hydrogens (tertiary/aromatic N) is 2. The lowest BCUT2D eigenvalue weighted by Gasteiger charge is -2.12. The van der Waals surface area contributed by atoms with Crippen molar-refractivity contribution in [2.24, 2.45) is 0 Å². The first kappa shape index (κ1) is 9.97.